The molecule has 3 nitrogen and oxygen atoms in total. The van der Waals surface area contributed by atoms with E-state index in [4.69, 9.17) is 4.42 Å². The summed E-state index contributed by atoms with van der Waals surface area (Å²) in [5, 5.41) is 16.7. The number of anilines is 6. The highest BCUT2D eigenvalue weighted by molar-refractivity contribution is 6.18. The molecule has 99 heavy (non-hydrogen) atoms. The number of para-hydroxylation sites is 5. The van der Waals surface area contributed by atoms with E-state index in [-0.39, 0.29) is 0 Å². The van der Waals surface area contributed by atoms with E-state index in [1.807, 2.05) is 0 Å². The molecule has 0 aliphatic heterocycles. The highest BCUT2D eigenvalue weighted by Gasteiger charge is 2.25. The van der Waals surface area contributed by atoms with Crippen LogP contribution in [0.4, 0.5) is 34.1 Å². The van der Waals surface area contributed by atoms with E-state index in [0.717, 1.165) is 101 Å². The summed E-state index contributed by atoms with van der Waals surface area (Å²) in [7, 11) is 0. The zero-order valence-electron chi connectivity index (χ0n) is 54.1. The first-order chi connectivity index (χ1) is 49.1. The normalized spacial score (nSPS) is 11.6. The van der Waals surface area contributed by atoms with Crippen LogP contribution in [0, 0.1) is 0 Å². The average molecular weight is 1260 g/mol. The Labute approximate surface area is 574 Å². The van der Waals surface area contributed by atoms with E-state index in [1.54, 1.807) is 0 Å². The topological polar surface area (TPSA) is 19.6 Å². The summed E-state index contributed by atoms with van der Waals surface area (Å²) < 4.78 is 6.80. The second kappa shape index (κ2) is 24.0. The first-order valence-electron chi connectivity index (χ1n) is 34.0. The van der Waals surface area contributed by atoms with E-state index >= 15 is 0 Å². The van der Waals surface area contributed by atoms with Crippen LogP contribution in [0.2, 0.25) is 0 Å². The van der Waals surface area contributed by atoms with Crippen LogP contribution in [0.3, 0.4) is 0 Å². The molecule has 1 aromatic heterocycles. The van der Waals surface area contributed by atoms with Gasteiger partial charge in [-0.1, -0.05) is 279 Å². The molecule has 0 bridgehead atoms. The lowest BCUT2D eigenvalue weighted by molar-refractivity contribution is 0.669. The Hall–Kier alpha value is -13.1. The highest BCUT2D eigenvalue weighted by atomic mass is 16.3. The van der Waals surface area contributed by atoms with Crippen molar-refractivity contribution in [2.45, 2.75) is 0 Å². The minimum Gasteiger partial charge on any atom is -0.456 e. The predicted molar refractivity (Wildman–Crippen MR) is 421 cm³/mol. The van der Waals surface area contributed by atoms with Gasteiger partial charge in [0.25, 0.3) is 0 Å². The van der Waals surface area contributed by atoms with Gasteiger partial charge >= 0.3 is 0 Å². The Morgan fingerprint density at radius 3 is 1.24 bits per heavy atom. The van der Waals surface area contributed by atoms with Gasteiger partial charge in [-0.3, -0.25) is 0 Å². The molecule has 0 radical (unpaired) electrons. The van der Waals surface area contributed by atoms with Gasteiger partial charge in [-0.15, -0.1) is 0 Å². The van der Waals surface area contributed by atoms with Crippen LogP contribution >= 0.6 is 0 Å². The maximum atomic E-state index is 6.80. The molecule has 3 heteroatoms. The molecular formula is C96H62N2O. The van der Waals surface area contributed by atoms with Gasteiger partial charge in [-0.2, -0.15) is 0 Å². The van der Waals surface area contributed by atoms with Crippen LogP contribution in [0.5, 0.6) is 0 Å². The molecule has 0 aliphatic carbocycles. The third-order valence-corrected chi connectivity index (χ3v) is 20.2. The van der Waals surface area contributed by atoms with E-state index < -0.39 is 0 Å². The largest absolute Gasteiger partial charge is 0.456 e. The van der Waals surface area contributed by atoms with E-state index in [1.165, 1.54) is 86.9 Å². The Morgan fingerprint density at radius 1 is 0.162 bits per heavy atom. The fourth-order valence-electron chi connectivity index (χ4n) is 15.5. The standard InChI is InChI=1S/C96H62N2O/c1-2-28-73(29-3-1)97(91-41-18-14-32-78(91)71-46-45-63-23-4-5-25-66(63)57-71)93-43-20-17-39-86(93)89-61-72-58-67(49-54-77(72)80-34-11-13-36-83(80)89)69-50-55-87-90-59-68(51-56-95(90)99-96(87)62-69)64-47-52-74(53-48-64)98(92-42-19-15-37-84(92)81-40-22-27-65-24-6-8-30-75(65)81)94-44-21-16-38-85(94)88-60-70-26-7-9-31-76(70)79-33-10-12-35-82(79)88/h1-62H. The first kappa shape index (κ1) is 57.4. The van der Waals surface area contributed by atoms with Crippen molar-refractivity contribution in [2.75, 3.05) is 9.80 Å². The number of nitrogens with zero attached hydrogens (tertiary/aromatic N) is 2. The van der Waals surface area contributed by atoms with Crippen molar-refractivity contribution in [3.05, 3.63) is 376 Å². The van der Waals surface area contributed by atoms with Crippen LogP contribution in [0.25, 0.3) is 153 Å². The van der Waals surface area contributed by atoms with Gasteiger partial charge in [0.05, 0.1) is 22.7 Å². The van der Waals surface area contributed by atoms with Gasteiger partial charge in [0, 0.05) is 44.4 Å². The van der Waals surface area contributed by atoms with Crippen LogP contribution < -0.4 is 9.80 Å². The quantitative estimate of drug-likeness (QED) is 0.114. The number of hydrogen-bond donors (Lipinski definition) is 0. The van der Waals surface area contributed by atoms with Crippen LogP contribution in [-0.4, -0.2) is 0 Å². The molecule has 19 aromatic rings. The maximum Gasteiger partial charge on any atom is 0.136 e. The SMILES string of the molecule is c1ccc(N(c2ccccc2-c2ccc3ccccc3c2)c2ccccc2-c2cc3cc(-c4ccc5c(c4)oc4ccc(-c6ccc(N(c7ccccc7-c7cccc8ccccc78)c7ccccc7-c7cc8ccccc8c8ccccc78)cc6)cc45)ccc3c3ccccc23)cc1. The summed E-state index contributed by atoms with van der Waals surface area (Å²) >= 11 is 0. The summed E-state index contributed by atoms with van der Waals surface area (Å²) in [4.78, 5) is 4.91. The van der Waals surface area contributed by atoms with Crippen LogP contribution in [-0.2, 0) is 0 Å². The molecule has 0 saturated heterocycles. The lowest BCUT2D eigenvalue weighted by atomic mass is 9.90. The molecule has 1 heterocycles. The zero-order chi connectivity index (χ0) is 65.3. The number of benzene rings is 18. The third kappa shape index (κ3) is 9.98. The molecule has 18 aromatic carbocycles. The van der Waals surface area contributed by atoms with Crippen molar-refractivity contribution in [3.63, 3.8) is 0 Å². The molecule has 462 valence electrons. The first-order valence-corrected chi connectivity index (χ1v) is 34.0. The van der Waals surface area contributed by atoms with Crippen molar-refractivity contribution in [1.82, 2.24) is 0 Å². The Bertz CT molecular complexity index is 6380. The third-order valence-electron chi connectivity index (χ3n) is 20.2. The second-order valence-corrected chi connectivity index (χ2v) is 25.8. The Balaban J connectivity index is 0.689. The van der Waals surface area contributed by atoms with Gasteiger partial charge in [0.2, 0.25) is 0 Å². The van der Waals surface area contributed by atoms with Gasteiger partial charge in [0.1, 0.15) is 11.2 Å². The van der Waals surface area contributed by atoms with Gasteiger partial charge in [-0.05, 0) is 206 Å². The number of hydrogen-bond acceptors (Lipinski definition) is 3. The van der Waals surface area contributed by atoms with Gasteiger partial charge in [-0.25, -0.2) is 0 Å². The summed E-state index contributed by atoms with van der Waals surface area (Å²) in [6.07, 6.45) is 0. The van der Waals surface area contributed by atoms with Gasteiger partial charge in [0.15, 0.2) is 0 Å². The van der Waals surface area contributed by atoms with Gasteiger partial charge < -0.3 is 14.2 Å². The maximum absolute atomic E-state index is 6.80. The minimum atomic E-state index is 0.853. The molecule has 0 amide bonds. The molecule has 0 unspecified atom stereocenters. The zero-order valence-corrected chi connectivity index (χ0v) is 54.1. The molecule has 0 atom stereocenters. The fraction of sp³-hybridized carbons (Fsp3) is 0. The molecule has 0 saturated carbocycles. The lowest BCUT2D eigenvalue weighted by Crippen LogP contribution is -2.12. The molecular weight excluding hydrogens is 1200 g/mol. The monoisotopic (exact) mass is 1260 g/mol. The smallest absolute Gasteiger partial charge is 0.136 e. The number of furan rings is 1. The number of rotatable bonds is 12. The van der Waals surface area contributed by atoms with Crippen LogP contribution in [0.15, 0.2) is 381 Å². The molecule has 0 N–H and O–H groups in total. The lowest BCUT2D eigenvalue weighted by Gasteiger charge is -2.30. The molecule has 0 fully saturated rings. The fourth-order valence-corrected chi connectivity index (χ4v) is 15.5. The molecule has 0 spiro atoms. The van der Waals surface area contributed by atoms with E-state index in [0.29, 0.717) is 0 Å². The van der Waals surface area contributed by atoms with Crippen molar-refractivity contribution in [1.29, 1.82) is 0 Å². The average Bonchev–Trinajstić information content (AvgIpc) is 1.27. The van der Waals surface area contributed by atoms with E-state index in [9.17, 15) is 0 Å². The Morgan fingerprint density at radius 2 is 0.576 bits per heavy atom. The number of fused-ring (bicyclic) bond motifs is 11. The van der Waals surface area contributed by atoms with Crippen molar-refractivity contribution in [3.8, 4) is 66.8 Å². The summed E-state index contributed by atoms with van der Waals surface area (Å²) in [6, 6.07) is 138. The van der Waals surface area contributed by atoms with Crippen molar-refractivity contribution < 1.29 is 4.42 Å². The highest BCUT2D eigenvalue weighted by Crippen LogP contribution is 2.51. The summed E-state index contributed by atoms with van der Waals surface area (Å²) in [6.45, 7) is 0. The van der Waals surface area contributed by atoms with Crippen molar-refractivity contribution >= 4 is 121 Å². The van der Waals surface area contributed by atoms with E-state index in [2.05, 4.69) is 386 Å². The molecule has 19 rings (SSSR count). The summed E-state index contributed by atoms with van der Waals surface area (Å²) in [5.74, 6) is 0. The predicted octanol–water partition coefficient (Wildman–Crippen LogP) is 27.4. The Kier molecular flexibility index (Phi) is 13.9. The van der Waals surface area contributed by atoms with Crippen molar-refractivity contribution in [2.24, 2.45) is 0 Å². The second-order valence-electron chi connectivity index (χ2n) is 25.8. The van der Waals surface area contributed by atoms with Crippen LogP contribution in [0.1, 0.15) is 0 Å². The molecule has 0 aliphatic rings. The minimum absolute atomic E-state index is 0.853. The summed E-state index contributed by atoms with van der Waals surface area (Å²) in [5.41, 5.74) is 22.0.